The van der Waals surface area contributed by atoms with Gasteiger partial charge in [-0.05, 0) is 37.9 Å². The van der Waals surface area contributed by atoms with Crippen molar-refractivity contribution in [1.82, 2.24) is 9.78 Å². The van der Waals surface area contributed by atoms with Crippen LogP contribution in [-0.4, -0.2) is 14.9 Å². The second kappa shape index (κ2) is 4.78. The van der Waals surface area contributed by atoms with Gasteiger partial charge in [-0.3, -0.25) is 4.68 Å². The average Bonchev–Trinajstić information content (AvgIpc) is 2.72. The second-order valence-electron chi connectivity index (χ2n) is 3.17. The van der Waals surface area contributed by atoms with Crippen LogP contribution in [0.25, 0.3) is 0 Å². The first kappa shape index (κ1) is 12.6. The molecule has 2 aromatic heterocycles. The van der Waals surface area contributed by atoms with E-state index < -0.39 is 6.10 Å². The first-order valence-corrected chi connectivity index (χ1v) is 7.09. The highest BCUT2D eigenvalue weighted by Gasteiger charge is 2.21. The highest BCUT2D eigenvalue weighted by Crippen LogP contribution is 2.38. The quantitative estimate of drug-likeness (QED) is 0.854. The predicted octanol–water partition coefficient (Wildman–Crippen LogP) is 3.74. The van der Waals surface area contributed by atoms with E-state index in [9.17, 15) is 5.11 Å². The summed E-state index contributed by atoms with van der Waals surface area (Å²) < 4.78 is 3.44. The number of aryl methyl sites for hydroxylation is 1. The molecular weight excluding hydrogens is 379 g/mol. The number of aromatic nitrogens is 2. The summed E-state index contributed by atoms with van der Waals surface area (Å²) in [5.74, 6) is 0. The smallest absolute Gasteiger partial charge is 0.131 e. The van der Waals surface area contributed by atoms with Crippen molar-refractivity contribution >= 4 is 54.8 Å². The fourth-order valence-corrected chi connectivity index (χ4v) is 3.71. The first-order chi connectivity index (χ1) is 7.50. The lowest BCUT2D eigenvalue weighted by atomic mass is 10.2. The Morgan fingerprint density at radius 2 is 2.25 bits per heavy atom. The average molecular weight is 386 g/mol. The first-order valence-electron chi connectivity index (χ1n) is 4.31. The van der Waals surface area contributed by atoms with Gasteiger partial charge in [0.2, 0.25) is 0 Å². The maximum Gasteiger partial charge on any atom is 0.131 e. The van der Waals surface area contributed by atoms with Gasteiger partial charge in [0, 0.05) is 16.4 Å². The molecule has 1 N–H and O–H groups in total. The molecule has 1 atom stereocenters. The molecular formula is C9H7Br2ClN2OS. The number of nitrogens with zero attached hydrogens (tertiary/aromatic N) is 2. The van der Waals surface area contributed by atoms with Gasteiger partial charge in [-0.15, -0.1) is 11.3 Å². The monoisotopic (exact) mass is 384 g/mol. The molecule has 0 aliphatic rings. The Balaban J connectivity index is 2.42. The van der Waals surface area contributed by atoms with Crippen LogP contribution in [0.5, 0.6) is 0 Å². The number of halogens is 3. The third-order valence-corrected chi connectivity index (χ3v) is 5.73. The molecule has 0 amide bonds. The minimum atomic E-state index is -0.757. The summed E-state index contributed by atoms with van der Waals surface area (Å²) in [4.78, 5) is 0.809. The molecule has 0 fully saturated rings. The molecule has 1 unspecified atom stereocenters. The van der Waals surface area contributed by atoms with Crippen LogP contribution >= 0.6 is 54.8 Å². The summed E-state index contributed by atoms with van der Waals surface area (Å²) >= 11 is 14.2. The van der Waals surface area contributed by atoms with Gasteiger partial charge >= 0.3 is 0 Å². The minimum absolute atomic E-state index is 0.468. The van der Waals surface area contributed by atoms with Crippen molar-refractivity contribution in [2.24, 2.45) is 7.05 Å². The number of hydrogen-bond acceptors (Lipinski definition) is 3. The van der Waals surface area contributed by atoms with Gasteiger partial charge in [-0.1, -0.05) is 11.6 Å². The molecule has 16 heavy (non-hydrogen) atoms. The molecule has 0 bridgehead atoms. The van der Waals surface area contributed by atoms with Crippen molar-refractivity contribution in [2.75, 3.05) is 0 Å². The third kappa shape index (κ3) is 2.22. The van der Waals surface area contributed by atoms with E-state index in [1.54, 1.807) is 11.7 Å². The zero-order valence-corrected chi connectivity index (χ0v) is 12.9. The van der Waals surface area contributed by atoms with Crippen LogP contribution in [0.4, 0.5) is 0 Å². The molecule has 0 aliphatic heterocycles. The minimum Gasteiger partial charge on any atom is -0.381 e. The van der Waals surface area contributed by atoms with Crippen LogP contribution in [-0.2, 0) is 7.05 Å². The van der Waals surface area contributed by atoms with Crippen molar-refractivity contribution in [3.8, 4) is 0 Å². The summed E-state index contributed by atoms with van der Waals surface area (Å²) in [6.45, 7) is 0. The molecule has 3 nitrogen and oxygen atoms in total. The largest absolute Gasteiger partial charge is 0.381 e. The van der Waals surface area contributed by atoms with Crippen LogP contribution in [0.1, 0.15) is 16.7 Å². The summed E-state index contributed by atoms with van der Waals surface area (Å²) in [5, 5.41) is 14.7. The SMILES string of the molecule is Cn1ncc(Cl)c1C(O)c1cc(Br)c(Br)s1. The van der Waals surface area contributed by atoms with Gasteiger partial charge in [-0.25, -0.2) is 0 Å². The third-order valence-electron chi connectivity index (χ3n) is 2.13. The number of thiophene rings is 1. The Kier molecular flexibility index (Phi) is 3.75. The number of hydrogen-bond donors (Lipinski definition) is 1. The molecule has 2 heterocycles. The fourth-order valence-electron chi connectivity index (χ4n) is 1.36. The van der Waals surface area contributed by atoms with E-state index in [1.807, 2.05) is 6.07 Å². The predicted molar refractivity (Wildman–Crippen MR) is 72.0 cm³/mol. The second-order valence-corrected chi connectivity index (χ2v) is 6.84. The number of aliphatic hydroxyl groups is 1. The van der Waals surface area contributed by atoms with Crippen molar-refractivity contribution in [2.45, 2.75) is 6.10 Å². The lowest BCUT2D eigenvalue weighted by Crippen LogP contribution is -2.05. The maximum absolute atomic E-state index is 10.2. The van der Waals surface area contributed by atoms with Gasteiger partial charge in [0.15, 0.2) is 0 Å². The lowest BCUT2D eigenvalue weighted by molar-refractivity contribution is 0.213. The highest BCUT2D eigenvalue weighted by molar-refractivity contribution is 9.13. The zero-order chi connectivity index (χ0) is 11.9. The van der Waals surface area contributed by atoms with E-state index in [2.05, 4.69) is 37.0 Å². The van der Waals surface area contributed by atoms with E-state index in [0.717, 1.165) is 13.1 Å². The molecule has 2 aromatic rings. The molecule has 0 spiro atoms. The molecule has 7 heteroatoms. The topological polar surface area (TPSA) is 38.0 Å². The van der Waals surface area contributed by atoms with E-state index in [-0.39, 0.29) is 0 Å². The fraction of sp³-hybridized carbons (Fsp3) is 0.222. The normalized spacial score (nSPS) is 13.1. The van der Waals surface area contributed by atoms with Gasteiger partial charge in [-0.2, -0.15) is 5.10 Å². The lowest BCUT2D eigenvalue weighted by Gasteiger charge is -2.09. The van der Waals surface area contributed by atoms with Crippen LogP contribution in [0, 0.1) is 0 Å². The van der Waals surface area contributed by atoms with E-state index in [1.165, 1.54) is 17.5 Å². The Bertz CT molecular complexity index is 487. The van der Waals surface area contributed by atoms with Crippen LogP contribution < -0.4 is 0 Å². The summed E-state index contributed by atoms with van der Waals surface area (Å²) in [7, 11) is 1.75. The summed E-state index contributed by atoms with van der Waals surface area (Å²) in [6.07, 6.45) is 0.769. The molecule has 0 radical (unpaired) electrons. The van der Waals surface area contributed by atoms with Crippen molar-refractivity contribution in [3.63, 3.8) is 0 Å². The Morgan fingerprint density at radius 3 is 2.69 bits per heavy atom. The van der Waals surface area contributed by atoms with Gasteiger partial charge < -0.3 is 5.11 Å². The van der Waals surface area contributed by atoms with Crippen molar-refractivity contribution in [3.05, 3.63) is 36.1 Å². The van der Waals surface area contributed by atoms with Crippen LogP contribution in [0.2, 0.25) is 5.02 Å². The molecule has 0 aromatic carbocycles. The van der Waals surface area contributed by atoms with E-state index in [0.29, 0.717) is 10.7 Å². The van der Waals surface area contributed by atoms with Gasteiger partial charge in [0.05, 0.1) is 20.7 Å². The van der Waals surface area contributed by atoms with E-state index >= 15 is 0 Å². The Labute approximate surface area is 118 Å². The van der Waals surface area contributed by atoms with Crippen molar-refractivity contribution < 1.29 is 5.11 Å². The molecule has 0 aliphatic carbocycles. The Morgan fingerprint density at radius 1 is 1.56 bits per heavy atom. The van der Waals surface area contributed by atoms with Gasteiger partial charge in [0.1, 0.15) is 6.10 Å². The van der Waals surface area contributed by atoms with E-state index in [4.69, 9.17) is 11.6 Å². The molecule has 0 saturated heterocycles. The van der Waals surface area contributed by atoms with Gasteiger partial charge in [0.25, 0.3) is 0 Å². The Hall–Kier alpha value is 0.120. The molecule has 86 valence electrons. The zero-order valence-electron chi connectivity index (χ0n) is 8.12. The maximum atomic E-state index is 10.2. The van der Waals surface area contributed by atoms with Crippen LogP contribution in [0.15, 0.2) is 20.5 Å². The molecule has 0 saturated carbocycles. The standard InChI is InChI=1S/C9H7Br2ClN2OS/c1-14-7(5(12)3-13-14)8(15)6-2-4(10)9(11)16-6/h2-3,8,15H,1H3. The van der Waals surface area contributed by atoms with Crippen molar-refractivity contribution in [1.29, 1.82) is 0 Å². The van der Waals surface area contributed by atoms with Crippen LogP contribution in [0.3, 0.4) is 0 Å². The number of rotatable bonds is 2. The molecule has 2 rings (SSSR count). The number of aliphatic hydroxyl groups excluding tert-OH is 1. The summed E-state index contributed by atoms with van der Waals surface area (Å²) in [6, 6.07) is 1.86. The summed E-state index contributed by atoms with van der Waals surface area (Å²) in [5.41, 5.74) is 0.600. The highest BCUT2D eigenvalue weighted by atomic mass is 79.9.